The Morgan fingerprint density at radius 2 is 2.07 bits per heavy atom. The number of hydrogen-bond donors (Lipinski definition) is 1. The van der Waals surface area contributed by atoms with Crippen molar-refractivity contribution in [3.63, 3.8) is 0 Å². The Morgan fingerprint density at radius 3 is 2.64 bits per heavy atom. The Kier molecular flexibility index (Phi) is 2.17. The SMILES string of the molecule is Cc1cn(-c2ccccc2Cl)c(N)n1. The third-order valence-electron chi connectivity index (χ3n) is 1.97. The molecule has 0 atom stereocenters. The average Bonchev–Trinajstić information content (AvgIpc) is 2.46. The number of imidazole rings is 1. The van der Waals surface area contributed by atoms with Gasteiger partial charge in [-0.1, -0.05) is 23.7 Å². The third kappa shape index (κ3) is 1.46. The van der Waals surface area contributed by atoms with Crippen LogP contribution in [0.4, 0.5) is 5.95 Å². The molecule has 0 radical (unpaired) electrons. The predicted molar refractivity (Wildman–Crippen MR) is 57.7 cm³/mol. The van der Waals surface area contributed by atoms with E-state index < -0.39 is 0 Å². The highest BCUT2D eigenvalue weighted by atomic mass is 35.5. The quantitative estimate of drug-likeness (QED) is 0.781. The molecule has 0 aliphatic carbocycles. The molecule has 2 rings (SSSR count). The van der Waals surface area contributed by atoms with E-state index >= 15 is 0 Å². The highest BCUT2D eigenvalue weighted by Crippen LogP contribution is 2.22. The Morgan fingerprint density at radius 1 is 1.36 bits per heavy atom. The molecule has 0 unspecified atom stereocenters. The van der Waals surface area contributed by atoms with Gasteiger partial charge in [-0.2, -0.15) is 0 Å². The summed E-state index contributed by atoms with van der Waals surface area (Å²) in [5, 5.41) is 0.664. The normalized spacial score (nSPS) is 10.4. The van der Waals surface area contributed by atoms with Crippen LogP contribution in [0, 0.1) is 6.92 Å². The molecule has 0 amide bonds. The zero-order valence-electron chi connectivity index (χ0n) is 7.74. The van der Waals surface area contributed by atoms with Gasteiger partial charge in [0.2, 0.25) is 5.95 Å². The molecule has 0 saturated heterocycles. The Balaban J connectivity index is 2.60. The van der Waals surface area contributed by atoms with Gasteiger partial charge in [0.15, 0.2) is 0 Å². The number of anilines is 1. The number of hydrogen-bond acceptors (Lipinski definition) is 2. The van der Waals surface area contributed by atoms with Crippen molar-refractivity contribution in [2.75, 3.05) is 5.73 Å². The van der Waals surface area contributed by atoms with Crippen molar-refractivity contribution < 1.29 is 0 Å². The maximum atomic E-state index is 6.04. The lowest BCUT2D eigenvalue weighted by Gasteiger charge is -2.05. The van der Waals surface area contributed by atoms with Crippen molar-refractivity contribution in [3.05, 3.63) is 41.2 Å². The van der Waals surface area contributed by atoms with Crippen molar-refractivity contribution >= 4 is 17.5 Å². The van der Waals surface area contributed by atoms with Crippen molar-refractivity contribution in [1.82, 2.24) is 9.55 Å². The van der Waals surface area contributed by atoms with E-state index in [9.17, 15) is 0 Å². The molecular formula is C10H10ClN3. The van der Waals surface area contributed by atoms with Crippen LogP contribution in [0.15, 0.2) is 30.5 Å². The summed E-state index contributed by atoms with van der Waals surface area (Å²) in [7, 11) is 0. The second-order valence-corrected chi connectivity index (χ2v) is 3.47. The Hall–Kier alpha value is -1.48. The predicted octanol–water partition coefficient (Wildman–Crippen LogP) is 2.42. The van der Waals surface area contributed by atoms with Gasteiger partial charge in [-0.25, -0.2) is 4.98 Å². The molecule has 14 heavy (non-hydrogen) atoms. The fourth-order valence-corrected chi connectivity index (χ4v) is 1.58. The number of aromatic nitrogens is 2. The molecule has 1 aromatic heterocycles. The van der Waals surface area contributed by atoms with Crippen molar-refractivity contribution in [3.8, 4) is 5.69 Å². The van der Waals surface area contributed by atoms with E-state index in [0.717, 1.165) is 11.4 Å². The molecule has 1 aromatic carbocycles. The number of para-hydroxylation sites is 1. The van der Waals surface area contributed by atoms with Crippen LogP contribution in [-0.4, -0.2) is 9.55 Å². The lowest BCUT2D eigenvalue weighted by atomic mass is 10.3. The van der Waals surface area contributed by atoms with Crippen LogP contribution in [0.1, 0.15) is 5.69 Å². The third-order valence-corrected chi connectivity index (χ3v) is 2.29. The maximum absolute atomic E-state index is 6.04. The number of halogens is 1. The van der Waals surface area contributed by atoms with Gasteiger partial charge >= 0.3 is 0 Å². The molecule has 0 saturated carbocycles. The van der Waals surface area contributed by atoms with Gasteiger partial charge in [0.05, 0.1) is 16.4 Å². The summed E-state index contributed by atoms with van der Waals surface area (Å²) in [6.07, 6.45) is 1.86. The average molecular weight is 208 g/mol. The molecular weight excluding hydrogens is 198 g/mol. The van der Waals surface area contributed by atoms with Gasteiger partial charge in [0.25, 0.3) is 0 Å². The number of aryl methyl sites for hydroxylation is 1. The van der Waals surface area contributed by atoms with Crippen molar-refractivity contribution in [2.45, 2.75) is 6.92 Å². The van der Waals surface area contributed by atoms with E-state index in [2.05, 4.69) is 4.98 Å². The van der Waals surface area contributed by atoms with E-state index in [0.29, 0.717) is 11.0 Å². The lowest BCUT2D eigenvalue weighted by molar-refractivity contribution is 1.07. The van der Waals surface area contributed by atoms with E-state index in [1.165, 1.54) is 0 Å². The summed E-state index contributed by atoms with van der Waals surface area (Å²) < 4.78 is 1.78. The fraction of sp³-hybridized carbons (Fsp3) is 0.100. The number of rotatable bonds is 1. The van der Waals surface area contributed by atoms with Gasteiger partial charge in [-0.15, -0.1) is 0 Å². The zero-order chi connectivity index (χ0) is 10.1. The first kappa shape index (κ1) is 9.09. The summed E-state index contributed by atoms with van der Waals surface area (Å²) in [5.74, 6) is 0.454. The van der Waals surface area contributed by atoms with E-state index in [4.69, 9.17) is 17.3 Å². The molecule has 2 N–H and O–H groups in total. The molecule has 0 aliphatic rings. The number of benzene rings is 1. The van der Waals surface area contributed by atoms with Gasteiger partial charge in [-0.3, -0.25) is 4.57 Å². The molecule has 0 spiro atoms. The smallest absolute Gasteiger partial charge is 0.205 e. The van der Waals surface area contributed by atoms with Crippen LogP contribution in [-0.2, 0) is 0 Å². The molecule has 1 heterocycles. The minimum atomic E-state index is 0.454. The number of nitrogens with two attached hydrogens (primary N) is 1. The second-order valence-electron chi connectivity index (χ2n) is 3.06. The van der Waals surface area contributed by atoms with Crippen molar-refractivity contribution in [2.24, 2.45) is 0 Å². The van der Waals surface area contributed by atoms with E-state index in [1.807, 2.05) is 37.4 Å². The Labute approximate surface area is 87.1 Å². The number of nitrogens with zero attached hydrogens (tertiary/aromatic N) is 2. The second kappa shape index (κ2) is 3.35. The highest BCUT2D eigenvalue weighted by molar-refractivity contribution is 6.32. The van der Waals surface area contributed by atoms with Gasteiger partial charge < -0.3 is 5.73 Å². The van der Waals surface area contributed by atoms with E-state index in [1.54, 1.807) is 4.57 Å². The number of nitrogen functional groups attached to an aromatic ring is 1. The molecule has 3 nitrogen and oxygen atoms in total. The molecule has 2 aromatic rings. The van der Waals surface area contributed by atoms with Crippen LogP contribution >= 0.6 is 11.6 Å². The van der Waals surface area contributed by atoms with Crippen LogP contribution < -0.4 is 5.73 Å². The molecule has 0 aliphatic heterocycles. The van der Waals surface area contributed by atoms with Crippen LogP contribution in [0.2, 0.25) is 5.02 Å². The first-order valence-electron chi connectivity index (χ1n) is 4.25. The van der Waals surface area contributed by atoms with Crippen molar-refractivity contribution in [1.29, 1.82) is 0 Å². The molecule has 0 fully saturated rings. The first-order chi connectivity index (χ1) is 6.68. The monoisotopic (exact) mass is 207 g/mol. The van der Waals surface area contributed by atoms with E-state index in [-0.39, 0.29) is 0 Å². The van der Waals surface area contributed by atoms with Crippen LogP contribution in [0.3, 0.4) is 0 Å². The van der Waals surface area contributed by atoms with Gasteiger partial charge in [0, 0.05) is 6.20 Å². The van der Waals surface area contributed by atoms with Gasteiger partial charge in [-0.05, 0) is 19.1 Å². The first-order valence-corrected chi connectivity index (χ1v) is 4.62. The largest absolute Gasteiger partial charge is 0.369 e. The van der Waals surface area contributed by atoms with Crippen LogP contribution in [0.5, 0.6) is 0 Å². The zero-order valence-corrected chi connectivity index (χ0v) is 8.49. The molecule has 4 heteroatoms. The summed E-state index contributed by atoms with van der Waals surface area (Å²) >= 11 is 6.04. The maximum Gasteiger partial charge on any atom is 0.205 e. The summed E-state index contributed by atoms with van der Waals surface area (Å²) in [6, 6.07) is 7.52. The minimum absolute atomic E-state index is 0.454. The fourth-order valence-electron chi connectivity index (χ4n) is 1.36. The lowest BCUT2D eigenvalue weighted by Crippen LogP contribution is -1.99. The van der Waals surface area contributed by atoms with Crippen LogP contribution in [0.25, 0.3) is 5.69 Å². The summed E-state index contributed by atoms with van der Waals surface area (Å²) in [4.78, 5) is 4.11. The molecule has 72 valence electrons. The highest BCUT2D eigenvalue weighted by Gasteiger charge is 2.06. The summed E-state index contributed by atoms with van der Waals surface area (Å²) in [5.41, 5.74) is 7.47. The van der Waals surface area contributed by atoms with Gasteiger partial charge in [0.1, 0.15) is 0 Å². The topological polar surface area (TPSA) is 43.8 Å². The molecule has 0 bridgehead atoms. The Bertz CT molecular complexity index is 462. The summed E-state index contributed by atoms with van der Waals surface area (Å²) in [6.45, 7) is 1.89. The standard InChI is InChI=1S/C10H10ClN3/c1-7-6-14(10(12)13-7)9-5-3-2-4-8(9)11/h2-6H,1H3,(H2,12,13). The minimum Gasteiger partial charge on any atom is -0.369 e.